The molecule has 0 unspecified atom stereocenters. The van der Waals surface area contributed by atoms with E-state index in [-0.39, 0.29) is 17.8 Å². The number of hydrogen-bond donors (Lipinski definition) is 2. The van der Waals surface area contributed by atoms with Crippen LogP contribution >= 0.6 is 11.6 Å². The summed E-state index contributed by atoms with van der Waals surface area (Å²) in [5.41, 5.74) is -0.350. The lowest BCUT2D eigenvalue weighted by molar-refractivity contribution is -0.151. The number of piperidine rings is 1. The Bertz CT molecular complexity index is 727. The summed E-state index contributed by atoms with van der Waals surface area (Å²) in [7, 11) is 0. The number of halogens is 1. The largest absolute Gasteiger partial charge is 0.466 e. The number of benzene rings is 1. The van der Waals surface area contributed by atoms with Crippen LogP contribution in [0.4, 0.5) is 10.5 Å². The molecule has 2 fully saturated rings. The zero-order valence-corrected chi connectivity index (χ0v) is 16.1. The van der Waals surface area contributed by atoms with E-state index in [9.17, 15) is 14.4 Å². The maximum absolute atomic E-state index is 12.9. The standard InChI is InChI=1S/C19H24ClN3O4/c1-2-27-16(24)13-7-11-23(12-8-13)17(25)19(9-10-19)22-18(26)21-15-6-4-3-5-14(15)20/h3-6,13H,2,7-12H2,1H3,(H2,21,22,26). The molecule has 1 saturated heterocycles. The zero-order valence-electron chi connectivity index (χ0n) is 15.3. The monoisotopic (exact) mass is 393 g/mol. The molecule has 1 saturated carbocycles. The number of rotatable bonds is 5. The Balaban J connectivity index is 1.53. The maximum Gasteiger partial charge on any atom is 0.320 e. The number of amides is 3. The van der Waals surface area contributed by atoms with Gasteiger partial charge in [-0.1, -0.05) is 23.7 Å². The molecule has 1 aliphatic heterocycles. The Morgan fingerprint density at radius 1 is 1.22 bits per heavy atom. The van der Waals surface area contributed by atoms with Crippen molar-refractivity contribution in [1.29, 1.82) is 0 Å². The van der Waals surface area contributed by atoms with E-state index in [2.05, 4.69) is 10.6 Å². The van der Waals surface area contributed by atoms with Crippen molar-refractivity contribution in [3.05, 3.63) is 29.3 Å². The smallest absolute Gasteiger partial charge is 0.320 e. The van der Waals surface area contributed by atoms with Gasteiger partial charge in [0.25, 0.3) is 0 Å². The Morgan fingerprint density at radius 3 is 2.48 bits per heavy atom. The highest BCUT2D eigenvalue weighted by Crippen LogP contribution is 2.38. The first-order valence-corrected chi connectivity index (χ1v) is 9.62. The normalized spacial score (nSPS) is 18.5. The summed E-state index contributed by atoms with van der Waals surface area (Å²) in [6.45, 7) is 3.15. The quantitative estimate of drug-likeness (QED) is 0.753. The van der Waals surface area contributed by atoms with Crippen LogP contribution in [0.15, 0.2) is 24.3 Å². The van der Waals surface area contributed by atoms with Crippen LogP contribution in [0.5, 0.6) is 0 Å². The van der Waals surface area contributed by atoms with E-state index in [1.54, 1.807) is 36.1 Å². The van der Waals surface area contributed by atoms with Crippen molar-refractivity contribution >= 4 is 35.2 Å². The molecule has 2 aliphatic rings. The molecule has 7 nitrogen and oxygen atoms in total. The molecule has 3 rings (SSSR count). The topological polar surface area (TPSA) is 87.7 Å². The van der Waals surface area contributed by atoms with Crippen LogP contribution in [-0.2, 0) is 14.3 Å². The third-order valence-corrected chi connectivity index (χ3v) is 5.37. The summed E-state index contributed by atoms with van der Waals surface area (Å²) in [4.78, 5) is 38.8. The van der Waals surface area contributed by atoms with Crippen LogP contribution in [0.2, 0.25) is 5.02 Å². The molecule has 3 amide bonds. The van der Waals surface area contributed by atoms with Crippen molar-refractivity contribution < 1.29 is 19.1 Å². The molecular formula is C19H24ClN3O4. The van der Waals surface area contributed by atoms with Crippen LogP contribution in [0.25, 0.3) is 0 Å². The predicted molar refractivity (Wildman–Crippen MR) is 102 cm³/mol. The molecule has 0 spiro atoms. The summed E-state index contributed by atoms with van der Waals surface area (Å²) >= 11 is 6.05. The highest BCUT2D eigenvalue weighted by molar-refractivity contribution is 6.33. The predicted octanol–water partition coefficient (Wildman–Crippen LogP) is 2.80. The van der Waals surface area contributed by atoms with E-state index >= 15 is 0 Å². The van der Waals surface area contributed by atoms with E-state index in [1.807, 2.05) is 0 Å². The number of urea groups is 1. The minimum atomic E-state index is -0.845. The Hall–Kier alpha value is -2.28. The summed E-state index contributed by atoms with van der Waals surface area (Å²) < 4.78 is 5.06. The molecule has 0 radical (unpaired) electrons. The molecule has 0 bridgehead atoms. The first-order valence-electron chi connectivity index (χ1n) is 9.25. The van der Waals surface area contributed by atoms with Crippen LogP contribution in [0.1, 0.15) is 32.6 Å². The van der Waals surface area contributed by atoms with Crippen molar-refractivity contribution in [2.24, 2.45) is 5.92 Å². The van der Waals surface area contributed by atoms with Crippen molar-refractivity contribution in [1.82, 2.24) is 10.2 Å². The van der Waals surface area contributed by atoms with E-state index in [0.717, 1.165) is 0 Å². The number of hydrogen-bond acceptors (Lipinski definition) is 4. The molecule has 1 heterocycles. The molecule has 1 aromatic rings. The first kappa shape index (κ1) is 19.5. The fourth-order valence-electron chi connectivity index (χ4n) is 3.33. The van der Waals surface area contributed by atoms with Gasteiger partial charge in [0.15, 0.2) is 0 Å². The average molecular weight is 394 g/mol. The number of carbonyl (C=O) groups excluding carboxylic acids is 3. The molecule has 2 N–H and O–H groups in total. The van der Waals surface area contributed by atoms with Crippen LogP contribution in [-0.4, -0.2) is 48.0 Å². The Morgan fingerprint density at radius 2 is 1.89 bits per heavy atom. The lowest BCUT2D eigenvalue weighted by atomic mass is 9.96. The van der Waals surface area contributed by atoms with Gasteiger partial charge in [0.1, 0.15) is 5.54 Å². The summed E-state index contributed by atoms with van der Waals surface area (Å²) in [6, 6.07) is 6.48. The van der Waals surface area contributed by atoms with E-state index < -0.39 is 11.6 Å². The Kier molecular flexibility index (Phi) is 5.89. The molecule has 1 aromatic carbocycles. The van der Waals surface area contributed by atoms with Crippen LogP contribution < -0.4 is 10.6 Å². The molecular weight excluding hydrogens is 370 g/mol. The number of ether oxygens (including phenoxy) is 1. The van der Waals surface area contributed by atoms with Gasteiger partial charge in [0.05, 0.1) is 23.2 Å². The van der Waals surface area contributed by atoms with E-state index in [4.69, 9.17) is 16.3 Å². The minimum absolute atomic E-state index is 0.0842. The van der Waals surface area contributed by atoms with Gasteiger partial charge in [-0.2, -0.15) is 0 Å². The van der Waals surface area contributed by atoms with Gasteiger partial charge >= 0.3 is 12.0 Å². The number of anilines is 1. The number of carbonyl (C=O) groups is 3. The van der Waals surface area contributed by atoms with E-state index in [1.165, 1.54) is 0 Å². The fraction of sp³-hybridized carbons (Fsp3) is 0.526. The van der Waals surface area contributed by atoms with Crippen LogP contribution in [0.3, 0.4) is 0 Å². The highest BCUT2D eigenvalue weighted by atomic mass is 35.5. The van der Waals surface area contributed by atoms with Gasteiger partial charge in [0.2, 0.25) is 5.91 Å². The third kappa shape index (κ3) is 4.53. The summed E-state index contributed by atoms with van der Waals surface area (Å²) in [5, 5.41) is 5.92. The molecule has 8 heteroatoms. The van der Waals surface area contributed by atoms with Crippen molar-refractivity contribution in [2.45, 2.75) is 38.1 Å². The van der Waals surface area contributed by atoms with Gasteiger partial charge < -0.3 is 20.3 Å². The third-order valence-electron chi connectivity index (χ3n) is 5.04. The van der Waals surface area contributed by atoms with Gasteiger partial charge in [-0.25, -0.2) is 4.79 Å². The molecule has 0 atom stereocenters. The lowest BCUT2D eigenvalue weighted by Gasteiger charge is -2.33. The number of esters is 1. The van der Waals surface area contributed by atoms with E-state index in [0.29, 0.717) is 56.1 Å². The van der Waals surface area contributed by atoms with Gasteiger partial charge in [-0.15, -0.1) is 0 Å². The van der Waals surface area contributed by atoms with Crippen molar-refractivity contribution in [3.8, 4) is 0 Å². The molecule has 1 aliphatic carbocycles. The average Bonchev–Trinajstić information content (AvgIpc) is 3.44. The maximum atomic E-state index is 12.9. The van der Waals surface area contributed by atoms with Gasteiger partial charge in [-0.05, 0) is 44.7 Å². The van der Waals surface area contributed by atoms with Crippen LogP contribution in [0, 0.1) is 5.92 Å². The lowest BCUT2D eigenvalue weighted by Crippen LogP contribution is -2.53. The number of nitrogens with one attached hydrogen (secondary N) is 2. The fourth-order valence-corrected chi connectivity index (χ4v) is 3.51. The van der Waals surface area contributed by atoms with Crippen molar-refractivity contribution in [3.63, 3.8) is 0 Å². The summed E-state index contributed by atoms with van der Waals surface area (Å²) in [6.07, 6.45) is 2.40. The number of para-hydroxylation sites is 1. The zero-order chi connectivity index (χ0) is 19.4. The molecule has 27 heavy (non-hydrogen) atoms. The van der Waals surface area contributed by atoms with Gasteiger partial charge in [0, 0.05) is 13.1 Å². The first-order chi connectivity index (χ1) is 12.9. The van der Waals surface area contributed by atoms with Gasteiger partial charge in [-0.3, -0.25) is 9.59 Å². The molecule has 0 aromatic heterocycles. The number of likely N-dealkylation sites (tertiary alicyclic amines) is 1. The highest BCUT2D eigenvalue weighted by Gasteiger charge is 2.53. The second kappa shape index (κ2) is 8.17. The summed E-state index contributed by atoms with van der Waals surface area (Å²) in [5.74, 6) is -0.428. The van der Waals surface area contributed by atoms with Crippen molar-refractivity contribution in [2.75, 3.05) is 25.0 Å². The Labute approximate surface area is 163 Å². The minimum Gasteiger partial charge on any atom is -0.466 e. The molecule has 146 valence electrons. The number of nitrogens with zero attached hydrogens (tertiary/aromatic N) is 1. The second-order valence-corrected chi connectivity index (χ2v) is 7.37. The second-order valence-electron chi connectivity index (χ2n) is 6.96. The SMILES string of the molecule is CCOC(=O)C1CCN(C(=O)C2(NC(=O)Nc3ccccc3Cl)CC2)CC1.